The number of hydrogen-bond donors (Lipinski definition) is 1. The van der Waals surface area contributed by atoms with Crippen molar-refractivity contribution in [3.63, 3.8) is 0 Å². The van der Waals surface area contributed by atoms with Crippen molar-refractivity contribution in [3.05, 3.63) is 34.1 Å². The lowest BCUT2D eigenvalue weighted by Gasteiger charge is -2.34. The number of rotatable bonds is 5. The monoisotopic (exact) mass is 388 g/mol. The number of carboxylic acid groups (broad SMARTS) is 1. The summed E-state index contributed by atoms with van der Waals surface area (Å²) in [5, 5.41) is 8.77. The summed E-state index contributed by atoms with van der Waals surface area (Å²) in [6, 6.07) is 3.95. The number of ether oxygens (including phenoxy) is 1. The molecular formula is C15H18BrFN2O4. The first-order valence-corrected chi connectivity index (χ1v) is 7.92. The van der Waals surface area contributed by atoms with Crippen LogP contribution in [-0.2, 0) is 9.53 Å². The Morgan fingerprint density at radius 1 is 1.52 bits per heavy atom. The molecule has 1 atom stereocenters. The molecule has 2 rings (SSSR count). The summed E-state index contributed by atoms with van der Waals surface area (Å²) < 4.78 is 19.1. The van der Waals surface area contributed by atoms with Gasteiger partial charge in [-0.2, -0.15) is 0 Å². The van der Waals surface area contributed by atoms with E-state index in [2.05, 4.69) is 15.9 Å². The highest BCUT2D eigenvalue weighted by Gasteiger charge is 2.27. The number of likely N-dealkylation sites (N-methyl/N-ethyl adjacent to an activating group) is 1. The molecule has 0 radical (unpaired) electrons. The second-order valence-electron chi connectivity index (χ2n) is 5.46. The quantitative estimate of drug-likeness (QED) is 0.826. The van der Waals surface area contributed by atoms with Gasteiger partial charge in [0.2, 0.25) is 0 Å². The van der Waals surface area contributed by atoms with E-state index in [4.69, 9.17) is 9.84 Å². The summed E-state index contributed by atoms with van der Waals surface area (Å²) in [6.07, 6.45) is -0.253. The lowest BCUT2D eigenvalue weighted by atomic mass is 10.1. The molecule has 8 heteroatoms. The van der Waals surface area contributed by atoms with Crippen LogP contribution in [-0.4, -0.2) is 72.7 Å². The Hall–Kier alpha value is -1.51. The Bertz CT molecular complexity index is 599. The van der Waals surface area contributed by atoms with E-state index in [0.717, 1.165) is 0 Å². The number of hydrogen-bond acceptors (Lipinski definition) is 4. The molecule has 1 fully saturated rings. The van der Waals surface area contributed by atoms with Crippen molar-refractivity contribution in [1.29, 1.82) is 0 Å². The summed E-state index contributed by atoms with van der Waals surface area (Å²) >= 11 is 3.20. The van der Waals surface area contributed by atoms with Gasteiger partial charge in [-0.3, -0.25) is 14.5 Å². The van der Waals surface area contributed by atoms with E-state index in [1.54, 1.807) is 16.8 Å². The number of nitrogens with zero attached hydrogens (tertiary/aromatic N) is 2. The first-order chi connectivity index (χ1) is 10.9. The van der Waals surface area contributed by atoms with Crippen molar-refractivity contribution in [2.75, 3.05) is 39.8 Å². The molecule has 6 nitrogen and oxygen atoms in total. The fraction of sp³-hybridized carbons (Fsp3) is 0.467. The molecule has 0 bridgehead atoms. The Balaban J connectivity index is 2.00. The SMILES string of the molecule is CN(CC(=O)O)CC1CN(C(=O)c2ccc(F)cc2Br)CCO1. The predicted octanol–water partition coefficient (Wildman–Crippen LogP) is 1.45. The second kappa shape index (κ2) is 7.85. The minimum absolute atomic E-state index is 0.0860. The van der Waals surface area contributed by atoms with Gasteiger partial charge < -0.3 is 14.7 Å². The molecule has 1 heterocycles. The average molecular weight is 389 g/mol. The number of amides is 1. The van der Waals surface area contributed by atoms with Crippen LogP contribution in [0.4, 0.5) is 4.39 Å². The van der Waals surface area contributed by atoms with Crippen LogP contribution in [0.5, 0.6) is 0 Å². The maximum atomic E-state index is 13.1. The molecule has 0 saturated carbocycles. The number of aliphatic carboxylic acids is 1. The third-order valence-electron chi connectivity index (χ3n) is 3.51. The fourth-order valence-corrected chi connectivity index (χ4v) is 3.01. The van der Waals surface area contributed by atoms with Crippen LogP contribution in [0.2, 0.25) is 0 Å². The lowest BCUT2D eigenvalue weighted by Crippen LogP contribution is -2.49. The smallest absolute Gasteiger partial charge is 0.317 e. The number of carbonyl (C=O) groups is 2. The van der Waals surface area contributed by atoms with Crippen molar-refractivity contribution in [2.24, 2.45) is 0 Å². The summed E-state index contributed by atoms with van der Waals surface area (Å²) in [7, 11) is 1.69. The predicted molar refractivity (Wildman–Crippen MR) is 84.9 cm³/mol. The first-order valence-electron chi connectivity index (χ1n) is 7.13. The summed E-state index contributed by atoms with van der Waals surface area (Å²) in [5.74, 6) is -1.53. The van der Waals surface area contributed by atoms with Crippen molar-refractivity contribution in [2.45, 2.75) is 6.10 Å². The van der Waals surface area contributed by atoms with Crippen LogP contribution in [0.25, 0.3) is 0 Å². The molecule has 23 heavy (non-hydrogen) atoms. The van der Waals surface area contributed by atoms with Crippen LogP contribution in [0.3, 0.4) is 0 Å². The van der Waals surface area contributed by atoms with E-state index in [1.807, 2.05) is 0 Å². The molecule has 1 aliphatic rings. The Labute approximate surface area is 141 Å². The number of halogens is 2. The van der Waals surface area contributed by atoms with E-state index in [1.165, 1.54) is 18.2 Å². The van der Waals surface area contributed by atoms with Crippen LogP contribution < -0.4 is 0 Å². The van der Waals surface area contributed by atoms with E-state index in [0.29, 0.717) is 36.3 Å². The van der Waals surface area contributed by atoms with Gasteiger partial charge in [0.1, 0.15) is 5.82 Å². The van der Waals surface area contributed by atoms with Crippen LogP contribution in [0.1, 0.15) is 10.4 Å². The molecule has 1 N–H and O–H groups in total. The van der Waals surface area contributed by atoms with Gasteiger partial charge in [0, 0.05) is 24.1 Å². The van der Waals surface area contributed by atoms with Gasteiger partial charge in [0.15, 0.2) is 0 Å². The fourth-order valence-electron chi connectivity index (χ4n) is 2.49. The molecule has 1 aromatic rings. The second-order valence-corrected chi connectivity index (χ2v) is 6.31. The van der Waals surface area contributed by atoms with Crippen molar-refractivity contribution in [3.8, 4) is 0 Å². The van der Waals surface area contributed by atoms with E-state index >= 15 is 0 Å². The minimum atomic E-state index is -0.911. The van der Waals surface area contributed by atoms with Gasteiger partial charge in [0.05, 0.1) is 24.8 Å². The van der Waals surface area contributed by atoms with E-state index in [9.17, 15) is 14.0 Å². The van der Waals surface area contributed by atoms with Crippen LogP contribution in [0.15, 0.2) is 22.7 Å². The standard InChI is InChI=1S/C15H18BrFN2O4/c1-18(9-14(20)21)7-11-8-19(4-5-23-11)15(22)12-3-2-10(17)6-13(12)16/h2-3,6,11H,4-5,7-9H2,1H3,(H,20,21). The highest BCUT2D eigenvalue weighted by Crippen LogP contribution is 2.21. The van der Waals surface area contributed by atoms with Gasteiger partial charge in [-0.05, 0) is 41.2 Å². The molecule has 1 amide bonds. The number of benzene rings is 1. The molecule has 1 aromatic carbocycles. The molecule has 0 spiro atoms. The van der Waals surface area contributed by atoms with Crippen LogP contribution >= 0.6 is 15.9 Å². The summed E-state index contributed by atoms with van der Waals surface area (Å²) in [4.78, 5) is 26.5. The Morgan fingerprint density at radius 3 is 2.91 bits per heavy atom. The van der Waals surface area contributed by atoms with Gasteiger partial charge >= 0.3 is 5.97 Å². The molecule has 0 aliphatic carbocycles. The van der Waals surface area contributed by atoms with Crippen LogP contribution in [0, 0.1) is 5.82 Å². The van der Waals surface area contributed by atoms with Crippen molar-refractivity contribution >= 4 is 27.8 Å². The average Bonchev–Trinajstić information content (AvgIpc) is 2.46. The van der Waals surface area contributed by atoms with Crippen molar-refractivity contribution < 1.29 is 23.8 Å². The molecule has 1 saturated heterocycles. The molecular weight excluding hydrogens is 371 g/mol. The van der Waals surface area contributed by atoms with Gasteiger partial charge in [-0.25, -0.2) is 4.39 Å². The van der Waals surface area contributed by atoms with Crippen molar-refractivity contribution in [1.82, 2.24) is 9.80 Å². The zero-order valence-electron chi connectivity index (χ0n) is 12.7. The third-order valence-corrected chi connectivity index (χ3v) is 4.16. The van der Waals surface area contributed by atoms with Gasteiger partial charge in [-0.15, -0.1) is 0 Å². The minimum Gasteiger partial charge on any atom is -0.480 e. The third kappa shape index (κ3) is 4.98. The normalized spacial score (nSPS) is 18.3. The maximum Gasteiger partial charge on any atom is 0.317 e. The number of morpholine rings is 1. The molecule has 0 aromatic heterocycles. The topological polar surface area (TPSA) is 70.1 Å². The largest absolute Gasteiger partial charge is 0.480 e. The molecule has 126 valence electrons. The Kier molecular flexibility index (Phi) is 6.09. The maximum absolute atomic E-state index is 13.1. The lowest BCUT2D eigenvalue weighted by molar-refractivity contribution is -0.138. The van der Waals surface area contributed by atoms with E-state index in [-0.39, 0.29) is 18.6 Å². The zero-order valence-corrected chi connectivity index (χ0v) is 14.3. The van der Waals surface area contributed by atoms with E-state index < -0.39 is 11.8 Å². The zero-order chi connectivity index (χ0) is 17.0. The van der Waals surface area contributed by atoms with Gasteiger partial charge in [-0.1, -0.05) is 0 Å². The highest BCUT2D eigenvalue weighted by atomic mass is 79.9. The first kappa shape index (κ1) is 17.8. The summed E-state index contributed by atoms with van der Waals surface area (Å²) in [6.45, 7) is 1.53. The Morgan fingerprint density at radius 2 is 2.26 bits per heavy atom. The summed E-state index contributed by atoms with van der Waals surface area (Å²) in [5.41, 5.74) is 0.394. The molecule has 1 unspecified atom stereocenters. The highest BCUT2D eigenvalue weighted by molar-refractivity contribution is 9.10. The number of carbonyl (C=O) groups excluding carboxylic acids is 1. The van der Waals surface area contributed by atoms with Gasteiger partial charge in [0.25, 0.3) is 5.91 Å². The molecule has 1 aliphatic heterocycles. The number of carboxylic acids is 1.